The number of aromatic nitrogens is 1. The molecule has 5 nitrogen and oxygen atoms in total. The number of carbonyl (C=O) groups excluding carboxylic acids is 1. The standard InChI is InChI=1S/C13H13N3O2S/c1-9-8-19-13(15-9)16-14-7-11-4-3-5-12(6-11)18-10(2)17/h3-8H,1-2H3,(H,15,16). The fourth-order valence-electron chi connectivity index (χ4n) is 1.39. The highest BCUT2D eigenvalue weighted by molar-refractivity contribution is 7.13. The molecule has 0 radical (unpaired) electrons. The van der Waals surface area contributed by atoms with Gasteiger partial charge >= 0.3 is 5.97 Å². The maximum absolute atomic E-state index is 10.9. The van der Waals surface area contributed by atoms with Gasteiger partial charge < -0.3 is 4.74 Å². The van der Waals surface area contributed by atoms with Gasteiger partial charge in [0.1, 0.15) is 5.75 Å². The molecule has 0 spiro atoms. The van der Waals surface area contributed by atoms with Gasteiger partial charge in [0, 0.05) is 12.3 Å². The predicted molar refractivity (Wildman–Crippen MR) is 75.8 cm³/mol. The lowest BCUT2D eigenvalue weighted by Crippen LogP contribution is -2.01. The number of hydrazone groups is 1. The van der Waals surface area contributed by atoms with Gasteiger partial charge in [-0.15, -0.1) is 11.3 Å². The highest BCUT2D eigenvalue weighted by Crippen LogP contribution is 2.15. The van der Waals surface area contributed by atoms with Crippen molar-refractivity contribution in [2.45, 2.75) is 13.8 Å². The average molecular weight is 275 g/mol. The third-order valence-corrected chi connectivity index (χ3v) is 2.98. The molecule has 1 aromatic heterocycles. The normalized spacial score (nSPS) is 10.6. The number of anilines is 1. The summed E-state index contributed by atoms with van der Waals surface area (Å²) in [6.45, 7) is 3.29. The third-order valence-electron chi connectivity index (χ3n) is 2.11. The van der Waals surface area contributed by atoms with Crippen LogP contribution in [-0.2, 0) is 4.79 Å². The van der Waals surface area contributed by atoms with Crippen LogP contribution in [0.5, 0.6) is 5.75 Å². The summed E-state index contributed by atoms with van der Waals surface area (Å²) in [5.74, 6) is 0.159. The molecule has 1 aromatic carbocycles. The van der Waals surface area contributed by atoms with Crippen molar-refractivity contribution < 1.29 is 9.53 Å². The maximum atomic E-state index is 10.9. The van der Waals surface area contributed by atoms with Crippen molar-refractivity contribution >= 4 is 28.7 Å². The second-order valence-electron chi connectivity index (χ2n) is 3.83. The van der Waals surface area contributed by atoms with Crippen molar-refractivity contribution in [2.24, 2.45) is 5.10 Å². The molecule has 0 aliphatic heterocycles. The number of benzene rings is 1. The number of rotatable bonds is 4. The fourth-order valence-corrected chi connectivity index (χ4v) is 2.03. The van der Waals surface area contributed by atoms with Crippen molar-refractivity contribution in [1.82, 2.24) is 4.98 Å². The smallest absolute Gasteiger partial charge is 0.308 e. The van der Waals surface area contributed by atoms with Crippen LogP contribution in [-0.4, -0.2) is 17.2 Å². The van der Waals surface area contributed by atoms with Gasteiger partial charge in [0.25, 0.3) is 0 Å². The molecule has 0 aliphatic rings. The Morgan fingerprint density at radius 1 is 1.53 bits per heavy atom. The summed E-state index contributed by atoms with van der Waals surface area (Å²) in [7, 11) is 0. The first kappa shape index (κ1) is 13.2. The maximum Gasteiger partial charge on any atom is 0.308 e. The van der Waals surface area contributed by atoms with Crippen LogP contribution in [0.2, 0.25) is 0 Å². The van der Waals surface area contributed by atoms with Crippen molar-refractivity contribution in [2.75, 3.05) is 5.43 Å². The minimum absolute atomic E-state index is 0.342. The van der Waals surface area contributed by atoms with Crippen molar-refractivity contribution in [3.8, 4) is 5.75 Å². The van der Waals surface area contributed by atoms with E-state index in [0.29, 0.717) is 5.75 Å². The largest absolute Gasteiger partial charge is 0.427 e. The lowest BCUT2D eigenvalue weighted by atomic mass is 10.2. The van der Waals surface area contributed by atoms with E-state index in [1.807, 2.05) is 18.4 Å². The van der Waals surface area contributed by atoms with Crippen LogP contribution in [0.3, 0.4) is 0 Å². The Morgan fingerprint density at radius 2 is 2.37 bits per heavy atom. The Balaban J connectivity index is 2.00. The summed E-state index contributed by atoms with van der Waals surface area (Å²) in [6.07, 6.45) is 1.64. The molecule has 0 aliphatic carbocycles. The van der Waals surface area contributed by atoms with E-state index >= 15 is 0 Å². The molecule has 6 heteroatoms. The van der Waals surface area contributed by atoms with Crippen molar-refractivity contribution in [3.05, 3.63) is 40.9 Å². The number of nitrogens with zero attached hydrogens (tertiary/aromatic N) is 2. The molecule has 0 amide bonds. The molecule has 0 atom stereocenters. The predicted octanol–water partition coefficient (Wildman–Crippen LogP) is 2.82. The molecule has 0 fully saturated rings. The quantitative estimate of drug-likeness (QED) is 0.403. The van der Waals surface area contributed by atoms with Crippen LogP contribution in [0.4, 0.5) is 5.13 Å². The van der Waals surface area contributed by atoms with E-state index < -0.39 is 0 Å². The summed E-state index contributed by atoms with van der Waals surface area (Å²) < 4.78 is 4.99. The Bertz CT molecular complexity index is 607. The first-order valence-corrected chi connectivity index (χ1v) is 6.51. The van der Waals surface area contributed by atoms with Gasteiger partial charge in [0.2, 0.25) is 5.13 Å². The molecule has 1 N–H and O–H groups in total. The van der Waals surface area contributed by atoms with E-state index in [9.17, 15) is 4.79 Å². The number of esters is 1. The Labute approximate surface area is 114 Å². The second kappa shape index (κ2) is 6.10. The molecule has 1 heterocycles. The lowest BCUT2D eigenvalue weighted by molar-refractivity contribution is -0.131. The molecule has 0 saturated carbocycles. The van der Waals surface area contributed by atoms with Gasteiger partial charge in [-0.25, -0.2) is 4.98 Å². The minimum Gasteiger partial charge on any atom is -0.427 e. The first-order valence-electron chi connectivity index (χ1n) is 5.63. The highest BCUT2D eigenvalue weighted by Gasteiger charge is 1.98. The number of ether oxygens (including phenoxy) is 1. The SMILES string of the molecule is CC(=O)Oc1cccc(C=NNc2nc(C)cs2)c1. The van der Waals surface area contributed by atoms with Gasteiger partial charge in [-0.3, -0.25) is 10.2 Å². The van der Waals surface area contributed by atoms with E-state index in [-0.39, 0.29) is 5.97 Å². The molecule has 2 aromatic rings. The molecule has 0 saturated heterocycles. The van der Waals surface area contributed by atoms with Gasteiger partial charge in [-0.05, 0) is 24.6 Å². The summed E-state index contributed by atoms with van der Waals surface area (Å²) >= 11 is 1.49. The zero-order chi connectivity index (χ0) is 13.7. The van der Waals surface area contributed by atoms with Crippen LogP contribution in [0.25, 0.3) is 0 Å². The van der Waals surface area contributed by atoms with Crippen molar-refractivity contribution in [1.29, 1.82) is 0 Å². The van der Waals surface area contributed by atoms with E-state index in [2.05, 4.69) is 15.5 Å². The molecular formula is C13H13N3O2S. The van der Waals surface area contributed by atoms with E-state index in [1.54, 1.807) is 24.4 Å². The van der Waals surface area contributed by atoms with Gasteiger partial charge in [-0.2, -0.15) is 5.10 Å². The van der Waals surface area contributed by atoms with Crippen LogP contribution >= 0.6 is 11.3 Å². The number of carbonyl (C=O) groups is 1. The lowest BCUT2D eigenvalue weighted by Gasteiger charge is -2.01. The van der Waals surface area contributed by atoms with E-state index in [1.165, 1.54) is 18.3 Å². The average Bonchev–Trinajstić information content (AvgIpc) is 2.75. The topological polar surface area (TPSA) is 63.6 Å². The number of nitrogens with one attached hydrogen (secondary N) is 1. The summed E-state index contributed by atoms with van der Waals surface area (Å²) in [5.41, 5.74) is 4.63. The highest BCUT2D eigenvalue weighted by atomic mass is 32.1. The molecular weight excluding hydrogens is 262 g/mol. The van der Waals surface area contributed by atoms with Crippen LogP contribution in [0, 0.1) is 6.92 Å². The number of hydrogen-bond donors (Lipinski definition) is 1. The zero-order valence-electron chi connectivity index (χ0n) is 10.6. The monoisotopic (exact) mass is 275 g/mol. The van der Waals surface area contributed by atoms with E-state index in [0.717, 1.165) is 16.4 Å². The summed E-state index contributed by atoms with van der Waals surface area (Å²) in [4.78, 5) is 15.1. The third kappa shape index (κ3) is 4.18. The number of thiazole rings is 1. The molecule has 2 rings (SSSR count). The van der Waals surface area contributed by atoms with Crippen LogP contribution in [0.1, 0.15) is 18.2 Å². The van der Waals surface area contributed by atoms with Gasteiger partial charge in [0.15, 0.2) is 0 Å². The molecule has 0 bridgehead atoms. The van der Waals surface area contributed by atoms with Crippen LogP contribution < -0.4 is 10.2 Å². The van der Waals surface area contributed by atoms with Gasteiger partial charge in [-0.1, -0.05) is 12.1 Å². The van der Waals surface area contributed by atoms with Crippen LogP contribution in [0.15, 0.2) is 34.7 Å². The molecule has 19 heavy (non-hydrogen) atoms. The molecule has 0 unspecified atom stereocenters. The summed E-state index contributed by atoms with van der Waals surface area (Å²) in [6, 6.07) is 7.12. The first-order chi connectivity index (χ1) is 9.13. The van der Waals surface area contributed by atoms with Crippen molar-refractivity contribution in [3.63, 3.8) is 0 Å². The number of hydrogen-bond acceptors (Lipinski definition) is 6. The second-order valence-corrected chi connectivity index (χ2v) is 4.69. The Morgan fingerprint density at radius 3 is 3.05 bits per heavy atom. The zero-order valence-corrected chi connectivity index (χ0v) is 11.4. The number of aryl methyl sites for hydroxylation is 1. The van der Waals surface area contributed by atoms with E-state index in [4.69, 9.17) is 4.74 Å². The Kier molecular flexibility index (Phi) is 4.25. The Hall–Kier alpha value is -2.21. The fraction of sp³-hybridized carbons (Fsp3) is 0.154. The molecule has 98 valence electrons. The van der Waals surface area contributed by atoms with Gasteiger partial charge in [0.05, 0.1) is 11.9 Å². The summed E-state index contributed by atoms with van der Waals surface area (Å²) in [5, 5.41) is 6.76. The minimum atomic E-state index is -0.342.